The SMILES string of the molecule is CCCNC(=O)c1cncc(C(=O)NCCC)c1. The minimum atomic E-state index is -0.200. The van der Waals surface area contributed by atoms with E-state index in [1.807, 2.05) is 13.8 Å². The van der Waals surface area contributed by atoms with Gasteiger partial charge in [-0.3, -0.25) is 14.6 Å². The number of rotatable bonds is 6. The van der Waals surface area contributed by atoms with Crippen molar-refractivity contribution in [1.29, 1.82) is 0 Å². The highest BCUT2D eigenvalue weighted by Crippen LogP contribution is 2.03. The van der Waals surface area contributed by atoms with Crippen molar-refractivity contribution in [2.24, 2.45) is 0 Å². The number of aromatic nitrogens is 1. The molecular formula is C13H19N3O2. The van der Waals surface area contributed by atoms with Crippen LogP contribution in [-0.2, 0) is 0 Å². The minimum Gasteiger partial charge on any atom is -0.352 e. The molecule has 0 saturated carbocycles. The summed E-state index contributed by atoms with van der Waals surface area (Å²) in [4.78, 5) is 27.3. The Balaban J connectivity index is 2.72. The molecule has 0 aliphatic rings. The molecule has 98 valence electrons. The van der Waals surface area contributed by atoms with Crippen LogP contribution in [0.15, 0.2) is 18.5 Å². The van der Waals surface area contributed by atoms with Gasteiger partial charge >= 0.3 is 0 Å². The fourth-order valence-electron chi connectivity index (χ4n) is 1.37. The lowest BCUT2D eigenvalue weighted by molar-refractivity contribution is 0.0953. The Morgan fingerprint density at radius 2 is 1.44 bits per heavy atom. The maximum Gasteiger partial charge on any atom is 0.252 e. The third-order valence-electron chi connectivity index (χ3n) is 2.33. The third kappa shape index (κ3) is 4.16. The van der Waals surface area contributed by atoms with Crippen molar-refractivity contribution in [2.45, 2.75) is 26.7 Å². The molecule has 0 unspecified atom stereocenters. The lowest BCUT2D eigenvalue weighted by Gasteiger charge is -2.06. The second-order valence-electron chi connectivity index (χ2n) is 3.97. The summed E-state index contributed by atoms with van der Waals surface area (Å²) in [6.45, 7) is 5.19. The second-order valence-corrected chi connectivity index (χ2v) is 3.97. The minimum absolute atomic E-state index is 0.200. The molecule has 2 N–H and O–H groups in total. The van der Waals surface area contributed by atoms with Crippen molar-refractivity contribution in [1.82, 2.24) is 15.6 Å². The van der Waals surface area contributed by atoms with E-state index in [-0.39, 0.29) is 11.8 Å². The standard InChI is InChI=1S/C13H19N3O2/c1-3-5-15-12(17)10-7-11(9-14-8-10)13(18)16-6-4-2/h7-9H,3-6H2,1-2H3,(H,15,17)(H,16,18). The van der Waals surface area contributed by atoms with Gasteiger partial charge in [-0.15, -0.1) is 0 Å². The lowest BCUT2D eigenvalue weighted by Crippen LogP contribution is -2.26. The number of nitrogens with one attached hydrogen (secondary N) is 2. The highest BCUT2D eigenvalue weighted by molar-refractivity contribution is 5.99. The van der Waals surface area contributed by atoms with E-state index >= 15 is 0 Å². The summed E-state index contributed by atoms with van der Waals surface area (Å²) in [5, 5.41) is 5.49. The first-order chi connectivity index (χ1) is 8.69. The van der Waals surface area contributed by atoms with E-state index in [9.17, 15) is 9.59 Å². The summed E-state index contributed by atoms with van der Waals surface area (Å²) in [6.07, 6.45) is 4.66. The topological polar surface area (TPSA) is 71.1 Å². The fourth-order valence-corrected chi connectivity index (χ4v) is 1.37. The lowest BCUT2D eigenvalue weighted by atomic mass is 10.2. The molecule has 5 heteroatoms. The number of amides is 2. The van der Waals surface area contributed by atoms with Gasteiger partial charge in [-0.25, -0.2) is 0 Å². The fraction of sp³-hybridized carbons (Fsp3) is 0.462. The van der Waals surface area contributed by atoms with Gasteiger partial charge in [0.15, 0.2) is 0 Å². The van der Waals surface area contributed by atoms with Gasteiger partial charge in [-0.2, -0.15) is 0 Å². The van der Waals surface area contributed by atoms with Crippen molar-refractivity contribution >= 4 is 11.8 Å². The Labute approximate surface area is 107 Å². The Kier molecular flexibility index (Phi) is 5.84. The number of hydrogen-bond donors (Lipinski definition) is 2. The first-order valence-electron chi connectivity index (χ1n) is 6.20. The van der Waals surface area contributed by atoms with E-state index in [2.05, 4.69) is 15.6 Å². The molecule has 0 atom stereocenters. The van der Waals surface area contributed by atoms with E-state index in [1.54, 1.807) is 6.07 Å². The van der Waals surface area contributed by atoms with Crippen LogP contribution in [0.2, 0.25) is 0 Å². The largest absolute Gasteiger partial charge is 0.352 e. The van der Waals surface area contributed by atoms with Gasteiger partial charge < -0.3 is 10.6 Å². The molecule has 1 aromatic heterocycles. The van der Waals surface area contributed by atoms with Gasteiger partial charge in [-0.05, 0) is 18.9 Å². The zero-order valence-corrected chi connectivity index (χ0v) is 10.8. The maximum atomic E-state index is 11.7. The quantitative estimate of drug-likeness (QED) is 0.799. The van der Waals surface area contributed by atoms with E-state index in [0.717, 1.165) is 12.8 Å². The van der Waals surface area contributed by atoms with Crippen LogP contribution in [0.3, 0.4) is 0 Å². The molecule has 1 rings (SSSR count). The predicted octanol–water partition coefficient (Wildman–Crippen LogP) is 1.36. The molecule has 0 aliphatic heterocycles. The monoisotopic (exact) mass is 249 g/mol. The summed E-state index contributed by atoms with van der Waals surface area (Å²) in [5.41, 5.74) is 0.820. The molecule has 0 radical (unpaired) electrons. The van der Waals surface area contributed by atoms with Crippen LogP contribution in [0.5, 0.6) is 0 Å². The van der Waals surface area contributed by atoms with E-state index in [4.69, 9.17) is 0 Å². The Hall–Kier alpha value is -1.91. The van der Waals surface area contributed by atoms with Crippen molar-refractivity contribution in [3.05, 3.63) is 29.6 Å². The molecule has 2 amide bonds. The van der Waals surface area contributed by atoms with Crippen LogP contribution >= 0.6 is 0 Å². The zero-order chi connectivity index (χ0) is 13.4. The summed E-state index contributed by atoms with van der Waals surface area (Å²) in [5.74, 6) is -0.399. The van der Waals surface area contributed by atoms with Gasteiger partial charge in [0.05, 0.1) is 11.1 Å². The van der Waals surface area contributed by atoms with E-state index < -0.39 is 0 Å². The smallest absolute Gasteiger partial charge is 0.252 e. The average Bonchev–Trinajstić information content (AvgIpc) is 2.42. The molecule has 1 aromatic rings. The maximum absolute atomic E-state index is 11.7. The van der Waals surface area contributed by atoms with Crippen LogP contribution in [-0.4, -0.2) is 29.9 Å². The second kappa shape index (κ2) is 7.42. The molecule has 0 aliphatic carbocycles. The molecule has 0 saturated heterocycles. The van der Waals surface area contributed by atoms with Crippen LogP contribution in [0.25, 0.3) is 0 Å². The van der Waals surface area contributed by atoms with Crippen LogP contribution in [0, 0.1) is 0 Å². The number of hydrogen-bond acceptors (Lipinski definition) is 3. The molecular weight excluding hydrogens is 230 g/mol. The Morgan fingerprint density at radius 3 is 1.83 bits per heavy atom. The summed E-state index contributed by atoms with van der Waals surface area (Å²) in [7, 11) is 0. The normalized spacial score (nSPS) is 9.89. The number of carbonyl (C=O) groups is 2. The summed E-state index contributed by atoms with van der Waals surface area (Å²) < 4.78 is 0. The van der Waals surface area contributed by atoms with Crippen LogP contribution < -0.4 is 10.6 Å². The van der Waals surface area contributed by atoms with Gasteiger partial charge in [-0.1, -0.05) is 13.8 Å². The van der Waals surface area contributed by atoms with Gasteiger partial charge in [0.25, 0.3) is 11.8 Å². The number of nitrogens with zero attached hydrogens (tertiary/aromatic N) is 1. The number of pyridine rings is 1. The first kappa shape index (κ1) is 14.2. The van der Waals surface area contributed by atoms with Gasteiger partial charge in [0, 0.05) is 25.5 Å². The van der Waals surface area contributed by atoms with Crippen molar-refractivity contribution < 1.29 is 9.59 Å². The number of carbonyl (C=O) groups excluding carboxylic acids is 2. The molecule has 0 fully saturated rings. The van der Waals surface area contributed by atoms with Crippen molar-refractivity contribution in [3.63, 3.8) is 0 Å². The van der Waals surface area contributed by atoms with Crippen LogP contribution in [0.1, 0.15) is 47.4 Å². The van der Waals surface area contributed by atoms with Gasteiger partial charge in [0.1, 0.15) is 0 Å². The first-order valence-corrected chi connectivity index (χ1v) is 6.20. The predicted molar refractivity (Wildman–Crippen MR) is 69.5 cm³/mol. The van der Waals surface area contributed by atoms with Crippen LogP contribution in [0.4, 0.5) is 0 Å². The zero-order valence-electron chi connectivity index (χ0n) is 10.8. The molecule has 5 nitrogen and oxygen atoms in total. The summed E-state index contributed by atoms with van der Waals surface area (Å²) in [6, 6.07) is 1.56. The average molecular weight is 249 g/mol. The highest BCUT2D eigenvalue weighted by Gasteiger charge is 2.10. The molecule has 18 heavy (non-hydrogen) atoms. The molecule has 0 spiro atoms. The van der Waals surface area contributed by atoms with Gasteiger partial charge in [0.2, 0.25) is 0 Å². The molecule has 0 bridgehead atoms. The third-order valence-corrected chi connectivity index (χ3v) is 2.33. The Morgan fingerprint density at radius 1 is 1.00 bits per heavy atom. The van der Waals surface area contributed by atoms with Crippen molar-refractivity contribution in [2.75, 3.05) is 13.1 Å². The van der Waals surface area contributed by atoms with E-state index in [0.29, 0.717) is 24.2 Å². The highest BCUT2D eigenvalue weighted by atomic mass is 16.2. The van der Waals surface area contributed by atoms with Crippen molar-refractivity contribution in [3.8, 4) is 0 Å². The van der Waals surface area contributed by atoms with E-state index in [1.165, 1.54) is 12.4 Å². The molecule has 1 heterocycles. The summed E-state index contributed by atoms with van der Waals surface area (Å²) >= 11 is 0. The molecule has 0 aromatic carbocycles. The Bertz CT molecular complexity index is 383.